The van der Waals surface area contributed by atoms with Gasteiger partial charge in [0.1, 0.15) is 0 Å². The first-order valence-corrected chi connectivity index (χ1v) is 11.5. The van der Waals surface area contributed by atoms with E-state index in [1.165, 1.54) is 89.9 Å². The van der Waals surface area contributed by atoms with Gasteiger partial charge in [-0.2, -0.15) is 0 Å². The van der Waals surface area contributed by atoms with Gasteiger partial charge in [-0.05, 0) is 93.8 Å². The summed E-state index contributed by atoms with van der Waals surface area (Å²) in [4.78, 5) is 0. The van der Waals surface area contributed by atoms with E-state index >= 15 is 0 Å². The molecular formula is C24H42O. The van der Waals surface area contributed by atoms with E-state index in [2.05, 4.69) is 19.6 Å². The molecular weight excluding hydrogens is 304 g/mol. The van der Waals surface area contributed by atoms with Gasteiger partial charge in [-0.25, -0.2) is 0 Å². The Morgan fingerprint density at radius 3 is 1.92 bits per heavy atom. The van der Waals surface area contributed by atoms with Crippen molar-refractivity contribution in [1.82, 2.24) is 0 Å². The zero-order chi connectivity index (χ0) is 17.5. The van der Waals surface area contributed by atoms with Crippen LogP contribution in [-0.2, 0) is 4.74 Å². The van der Waals surface area contributed by atoms with Gasteiger partial charge in [-0.3, -0.25) is 0 Å². The van der Waals surface area contributed by atoms with Crippen molar-refractivity contribution in [2.75, 3.05) is 6.61 Å². The molecule has 2 saturated carbocycles. The fourth-order valence-corrected chi connectivity index (χ4v) is 5.91. The van der Waals surface area contributed by atoms with Crippen molar-refractivity contribution in [1.29, 1.82) is 0 Å². The van der Waals surface area contributed by atoms with E-state index < -0.39 is 0 Å². The zero-order valence-corrected chi connectivity index (χ0v) is 16.8. The normalized spacial score (nSPS) is 39.9. The third kappa shape index (κ3) is 5.84. The Hall–Kier alpha value is -0.300. The minimum absolute atomic E-state index is 0.577. The lowest BCUT2D eigenvalue weighted by Gasteiger charge is -2.38. The van der Waals surface area contributed by atoms with Crippen molar-refractivity contribution < 1.29 is 4.74 Å². The number of ether oxygens (including phenoxy) is 1. The Bertz CT molecular complexity index is 366. The predicted molar refractivity (Wildman–Crippen MR) is 108 cm³/mol. The predicted octanol–water partition coefficient (Wildman–Crippen LogP) is 7.16. The van der Waals surface area contributed by atoms with Crippen LogP contribution in [0.3, 0.4) is 0 Å². The Morgan fingerprint density at radius 2 is 1.36 bits per heavy atom. The van der Waals surface area contributed by atoms with Gasteiger partial charge in [0, 0.05) is 6.61 Å². The molecule has 0 bridgehead atoms. The van der Waals surface area contributed by atoms with Crippen LogP contribution in [0.25, 0.3) is 0 Å². The van der Waals surface area contributed by atoms with Crippen LogP contribution in [0.1, 0.15) is 96.8 Å². The lowest BCUT2D eigenvalue weighted by molar-refractivity contribution is -0.0238. The number of hydrogen-bond acceptors (Lipinski definition) is 1. The second kappa shape index (κ2) is 10.1. The van der Waals surface area contributed by atoms with Crippen LogP contribution < -0.4 is 0 Å². The topological polar surface area (TPSA) is 9.23 Å². The maximum Gasteiger partial charge on any atom is 0.0575 e. The summed E-state index contributed by atoms with van der Waals surface area (Å²) in [5.41, 5.74) is 0. The summed E-state index contributed by atoms with van der Waals surface area (Å²) in [5.74, 6) is 4.80. The molecule has 0 aromatic heterocycles. The SMILES string of the molecule is C=CC1CCC(C2CCC(CCC3CCC(CCC)OC3)CC2)CC1. The molecule has 0 spiro atoms. The Morgan fingerprint density at radius 1 is 0.760 bits per heavy atom. The van der Waals surface area contributed by atoms with Gasteiger partial charge in [0.05, 0.1) is 6.10 Å². The molecule has 1 saturated heterocycles. The maximum absolute atomic E-state index is 6.08. The first kappa shape index (κ1) is 19.5. The highest BCUT2D eigenvalue weighted by Gasteiger charge is 2.30. The molecule has 3 rings (SSSR count). The molecule has 1 nitrogen and oxygen atoms in total. The third-order valence-electron chi connectivity index (χ3n) is 7.77. The quantitative estimate of drug-likeness (QED) is 0.444. The average Bonchev–Trinajstić information content (AvgIpc) is 2.68. The molecule has 25 heavy (non-hydrogen) atoms. The molecule has 1 heteroatoms. The number of allylic oxidation sites excluding steroid dienone is 1. The van der Waals surface area contributed by atoms with Gasteiger partial charge < -0.3 is 4.74 Å². The zero-order valence-electron chi connectivity index (χ0n) is 16.8. The number of rotatable bonds is 7. The second-order valence-electron chi connectivity index (χ2n) is 9.46. The first-order valence-electron chi connectivity index (χ1n) is 11.5. The van der Waals surface area contributed by atoms with Crippen LogP contribution in [-0.4, -0.2) is 12.7 Å². The molecule has 0 N–H and O–H groups in total. The van der Waals surface area contributed by atoms with Crippen molar-refractivity contribution in [3.8, 4) is 0 Å². The molecule has 144 valence electrons. The summed E-state index contributed by atoms with van der Waals surface area (Å²) in [6.07, 6.45) is 22.8. The van der Waals surface area contributed by atoms with Crippen LogP contribution in [0, 0.1) is 29.6 Å². The van der Waals surface area contributed by atoms with Gasteiger partial charge in [0.25, 0.3) is 0 Å². The van der Waals surface area contributed by atoms with Gasteiger partial charge in [-0.1, -0.05) is 38.7 Å². The van der Waals surface area contributed by atoms with E-state index in [4.69, 9.17) is 4.74 Å². The molecule has 0 amide bonds. The largest absolute Gasteiger partial charge is 0.378 e. The van der Waals surface area contributed by atoms with Crippen molar-refractivity contribution >= 4 is 0 Å². The molecule has 1 heterocycles. The van der Waals surface area contributed by atoms with Crippen LogP contribution in [0.4, 0.5) is 0 Å². The summed E-state index contributed by atoms with van der Waals surface area (Å²) >= 11 is 0. The molecule has 1 aliphatic heterocycles. The molecule has 3 fully saturated rings. The molecule has 2 aliphatic carbocycles. The van der Waals surface area contributed by atoms with E-state index in [1.807, 2.05) is 0 Å². The second-order valence-corrected chi connectivity index (χ2v) is 9.46. The van der Waals surface area contributed by atoms with E-state index in [1.54, 1.807) is 0 Å². The van der Waals surface area contributed by atoms with E-state index in [9.17, 15) is 0 Å². The standard InChI is InChI=1S/C24H42O/c1-3-5-24-17-12-21(18-25-24)7-6-20-10-15-23(16-11-20)22-13-8-19(4-2)9-14-22/h4,19-24H,2-3,5-18H2,1H3. The average molecular weight is 347 g/mol. The Kier molecular flexibility index (Phi) is 7.90. The van der Waals surface area contributed by atoms with Crippen LogP contribution in [0.15, 0.2) is 12.7 Å². The first-order chi connectivity index (χ1) is 12.3. The lowest BCUT2D eigenvalue weighted by atomic mass is 9.68. The molecule has 3 aliphatic rings. The summed E-state index contributed by atoms with van der Waals surface area (Å²) in [7, 11) is 0. The third-order valence-corrected chi connectivity index (χ3v) is 7.77. The van der Waals surface area contributed by atoms with Crippen LogP contribution in [0.2, 0.25) is 0 Å². The fourth-order valence-electron chi connectivity index (χ4n) is 5.91. The summed E-state index contributed by atoms with van der Waals surface area (Å²) in [5, 5.41) is 0. The highest BCUT2D eigenvalue weighted by atomic mass is 16.5. The van der Waals surface area contributed by atoms with E-state index in [-0.39, 0.29) is 0 Å². The summed E-state index contributed by atoms with van der Waals surface area (Å²) in [6, 6.07) is 0. The monoisotopic (exact) mass is 346 g/mol. The van der Waals surface area contributed by atoms with Gasteiger partial charge in [-0.15, -0.1) is 6.58 Å². The molecule has 0 radical (unpaired) electrons. The van der Waals surface area contributed by atoms with Crippen molar-refractivity contribution in [2.24, 2.45) is 29.6 Å². The van der Waals surface area contributed by atoms with Gasteiger partial charge >= 0.3 is 0 Å². The summed E-state index contributed by atoms with van der Waals surface area (Å²) in [6.45, 7) is 7.32. The lowest BCUT2D eigenvalue weighted by Crippen LogP contribution is -2.27. The molecule has 2 atom stereocenters. The summed E-state index contributed by atoms with van der Waals surface area (Å²) < 4.78 is 6.08. The van der Waals surface area contributed by atoms with Crippen molar-refractivity contribution in [2.45, 2.75) is 103 Å². The van der Waals surface area contributed by atoms with Crippen LogP contribution >= 0.6 is 0 Å². The van der Waals surface area contributed by atoms with E-state index in [0.29, 0.717) is 6.10 Å². The molecule has 2 unspecified atom stereocenters. The minimum atomic E-state index is 0.577. The van der Waals surface area contributed by atoms with Crippen molar-refractivity contribution in [3.63, 3.8) is 0 Å². The Balaban J connectivity index is 1.29. The minimum Gasteiger partial charge on any atom is -0.378 e. The number of hydrogen-bond donors (Lipinski definition) is 0. The van der Waals surface area contributed by atoms with Crippen molar-refractivity contribution in [3.05, 3.63) is 12.7 Å². The molecule has 0 aromatic rings. The fraction of sp³-hybridized carbons (Fsp3) is 0.917. The van der Waals surface area contributed by atoms with Crippen LogP contribution in [0.5, 0.6) is 0 Å². The highest BCUT2D eigenvalue weighted by Crippen LogP contribution is 2.42. The maximum atomic E-state index is 6.08. The van der Waals surface area contributed by atoms with Gasteiger partial charge in [0.15, 0.2) is 0 Å². The Labute approximate surface area is 157 Å². The molecule has 0 aromatic carbocycles. The smallest absolute Gasteiger partial charge is 0.0575 e. The van der Waals surface area contributed by atoms with Gasteiger partial charge in [0.2, 0.25) is 0 Å². The highest BCUT2D eigenvalue weighted by molar-refractivity contribution is 4.87. The van der Waals surface area contributed by atoms with E-state index in [0.717, 1.165) is 36.2 Å².